The van der Waals surface area contributed by atoms with Gasteiger partial charge in [-0.05, 0) is 55.7 Å². The quantitative estimate of drug-likeness (QED) is 0.599. The lowest BCUT2D eigenvalue weighted by molar-refractivity contribution is -0.154. The van der Waals surface area contributed by atoms with Crippen molar-refractivity contribution in [3.8, 4) is 0 Å². The van der Waals surface area contributed by atoms with E-state index in [9.17, 15) is 19.2 Å². The minimum atomic E-state index is -0.771. The van der Waals surface area contributed by atoms with Gasteiger partial charge >= 0.3 is 5.97 Å². The van der Waals surface area contributed by atoms with Crippen LogP contribution in [0.5, 0.6) is 0 Å². The molecule has 2 saturated carbocycles. The zero-order valence-electron chi connectivity index (χ0n) is 15.4. The third-order valence-electron chi connectivity index (χ3n) is 6.21. The van der Waals surface area contributed by atoms with Gasteiger partial charge < -0.3 is 10.1 Å². The van der Waals surface area contributed by atoms with Crippen LogP contribution in [0.4, 0.5) is 5.69 Å². The molecule has 3 aliphatic rings. The van der Waals surface area contributed by atoms with E-state index in [0.717, 1.165) is 24.2 Å². The number of nitrogens with one attached hydrogen (secondary N) is 1. The second kappa shape index (κ2) is 7.20. The summed E-state index contributed by atoms with van der Waals surface area (Å²) >= 11 is 6.01. The van der Waals surface area contributed by atoms with Crippen molar-refractivity contribution < 1.29 is 23.9 Å². The monoisotopic (exact) mass is 404 g/mol. The fourth-order valence-corrected chi connectivity index (χ4v) is 5.05. The van der Waals surface area contributed by atoms with E-state index < -0.39 is 25.0 Å². The Balaban J connectivity index is 1.30. The van der Waals surface area contributed by atoms with Crippen molar-refractivity contribution in [1.29, 1.82) is 0 Å². The predicted molar refractivity (Wildman–Crippen MR) is 100 cm³/mol. The van der Waals surface area contributed by atoms with Gasteiger partial charge in [0.2, 0.25) is 11.8 Å². The number of amides is 3. The smallest absolute Gasteiger partial charge is 0.326 e. The normalized spacial score (nSPS) is 27.9. The highest BCUT2D eigenvalue weighted by Crippen LogP contribution is 2.56. The lowest BCUT2D eigenvalue weighted by Gasteiger charge is -2.19. The third kappa shape index (κ3) is 3.17. The molecule has 3 amide bonds. The van der Waals surface area contributed by atoms with Gasteiger partial charge in [0.15, 0.2) is 6.61 Å². The molecule has 1 aromatic rings. The lowest BCUT2D eigenvalue weighted by Crippen LogP contribution is -2.38. The molecule has 0 spiro atoms. The average Bonchev–Trinajstić information content (AvgIpc) is 3.34. The van der Waals surface area contributed by atoms with Crippen molar-refractivity contribution in [3.63, 3.8) is 0 Å². The number of anilines is 1. The van der Waals surface area contributed by atoms with Crippen LogP contribution < -0.4 is 5.32 Å². The standard InChI is InChI=1S/C20H21ClN2O5/c1-10-13(21)3-2-4-14(10)22-15(24)9-28-16(25)8-23-19(26)17-11-5-6-12(7-11)18(17)20(23)27/h2-4,11-12,17-18H,5-9H2,1H3,(H,22,24)/t11-,12+,17-,18+. The maximum atomic E-state index is 12.6. The Labute approximate surface area is 167 Å². The fourth-order valence-electron chi connectivity index (χ4n) is 4.88. The third-order valence-corrected chi connectivity index (χ3v) is 6.62. The first-order valence-electron chi connectivity index (χ1n) is 9.42. The van der Waals surface area contributed by atoms with E-state index in [0.29, 0.717) is 16.3 Å². The Morgan fingerprint density at radius 3 is 2.46 bits per heavy atom. The molecule has 7 nitrogen and oxygen atoms in total. The molecule has 4 rings (SSSR count). The number of nitrogens with zero attached hydrogens (tertiary/aromatic N) is 1. The largest absolute Gasteiger partial charge is 0.454 e. The van der Waals surface area contributed by atoms with Crippen LogP contribution in [0, 0.1) is 30.6 Å². The van der Waals surface area contributed by atoms with Crippen LogP contribution in [0.1, 0.15) is 24.8 Å². The molecule has 1 aromatic carbocycles. The minimum absolute atomic E-state index is 0.263. The summed E-state index contributed by atoms with van der Waals surface area (Å²) in [6, 6.07) is 5.10. The zero-order chi connectivity index (χ0) is 20.0. The number of hydrogen-bond acceptors (Lipinski definition) is 5. The Hall–Kier alpha value is -2.41. The number of benzene rings is 1. The summed E-state index contributed by atoms with van der Waals surface area (Å²) in [7, 11) is 0. The van der Waals surface area contributed by atoms with Crippen molar-refractivity contribution in [2.24, 2.45) is 23.7 Å². The maximum absolute atomic E-state index is 12.6. The average molecular weight is 405 g/mol. The van der Waals surface area contributed by atoms with Gasteiger partial charge in [-0.1, -0.05) is 17.7 Å². The molecule has 1 heterocycles. The summed E-state index contributed by atoms with van der Waals surface area (Å²) in [4.78, 5) is 50.3. The number of rotatable bonds is 5. The summed E-state index contributed by atoms with van der Waals surface area (Å²) in [5, 5.41) is 3.14. The Kier molecular flexibility index (Phi) is 4.87. The molecule has 4 atom stereocenters. The molecule has 1 aliphatic heterocycles. The first kappa shape index (κ1) is 18.9. The molecule has 28 heavy (non-hydrogen) atoms. The van der Waals surface area contributed by atoms with Crippen LogP contribution in [0.3, 0.4) is 0 Å². The van der Waals surface area contributed by atoms with Crippen LogP contribution in [0.2, 0.25) is 5.02 Å². The number of fused-ring (bicyclic) bond motifs is 5. The van der Waals surface area contributed by atoms with Crippen molar-refractivity contribution >= 4 is 41.0 Å². The predicted octanol–water partition coefficient (Wildman–Crippen LogP) is 2.16. The second-order valence-electron chi connectivity index (χ2n) is 7.77. The van der Waals surface area contributed by atoms with E-state index in [2.05, 4.69) is 5.32 Å². The van der Waals surface area contributed by atoms with Crippen molar-refractivity contribution in [2.45, 2.75) is 26.2 Å². The molecule has 2 bridgehead atoms. The number of halogens is 1. The molecule has 1 saturated heterocycles. The van der Waals surface area contributed by atoms with Gasteiger partial charge in [0, 0.05) is 10.7 Å². The van der Waals surface area contributed by atoms with E-state index in [-0.39, 0.29) is 35.5 Å². The SMILES string of the molecule is Cc1c(Cl)cccc1NC(=O)COC(=O)CN1C(=O)[C@@H]2[C@@H]3CC[C@@H](C3)[C@@H]2C1=O. The van der Waals surface area contributed by atoms with Crippen molar-refractivity contribution in [3.05, 3.63) is 28.8 Å². The van der Waals surface area contributed by atoms with Gasteiger partial charge in [-0.3, -0.25) is 24.1 Å². The molecule has 3 fully saturated rings. The highest BCUT2D eigenvalue weighted by Gasteiger charge is 2.61. The maximum Gasteiger partial charge on any atom is 0.326 e. The topological polar surface area (TPSA) is 92.8 Å². The Bertz CT molecular complexity index is 842. The summed E-state index contributed by atoms with van der Waals surface area (Å²) in [5.74, 6) is -1.84. The van der Waals surface area contributed by atoms with E-state index >= 15 is 0 Å². The van der Waals surface area contributed by atoms with Crippen LogP contribution in [-0.4, -0.2) is 41.7 Å². The van der Waals surface area contributed by atoms with Crippen molar-refractivity contribution in [1.82, 2.24) is 4.90 Å². The molecule has 148 valence electrons. The number of esters is 1. The Morgan fingerprint density at radius 1 is 1.18 bits per heavy atom. The number of likely N-dealkylation sites (tertiary alicyclic amines) is 1. The molecule has 1 N–H and O–H groups in total. The van der Waals surface area contributed by atoms with Crippen LogP contribution in [0.25, 0.3) is 0 Å². The molecule has 0 radical (unpaired) electrons. The highest BCUT2D eigenvalue weighted by molar-refractivity contribution is 6.31. The number of carbonyl (C=O) groups excluding carboxylic acids is 4. The first-order chi connectivity index (χ1) is 13.4. The highest BCUT2D eigenvalue weighted by atomic mass is 35.5. The molecule has 0 aromatic heterocycles. The number of hydrogen-bond donors (Lipinski definition) is 1. The van der Waals surface area contributed by atoms with E-state index in [4.69, 9.17) is 16.3 Å². The van der Waals surface area contributed by atoms with Gasteiger partial charge in [0.1, 0.15) is 6.54 Å². The van der Waals surface area contributed by atoms with Crippen LogP contribution >= 0.6 is 11.6 Å². The summed E-state index contributed by atoms with van der Waals surface area (Å²) in [6.07, 6.45) is 2.90. The summed E-state index contributed by atoms with van der Waals surface area (Å²) in [6.45, 7) is 0.825. The molecular weight excluding hydrogens is 384 g/mol. The van der Waals surface area contributed by atoms with E-state index in [1.54, 1.807) is 25.1 Å². The first-order valence-corrected chi connectivity index (χ1v) is 9.80. The second-order valence-corrected chi connectivity index (χ2v) is 8.18. The van der Waals surface area contributed by atoms with Gasteiger partial charge in [-0.15, -0.1) is 0 Å². The summed E-state index contributed by atoms with van der Waals surface area (Å²) < 4.78 is 4.97. The minimum Gasteiger partial charge on any atom is -0.454 e. The zero-order valence-corrected chi connectivity index (χ0v) is 16.2. The van der Waals surface area contributed by atoms with E-state index in [1.165, 1.54) is 0 Å². The molecular formula is C20H21ClN2O5. The molecule has 8 heteroatoms. The van der Waals surface area contributed by atoms with Gasteiger partial charge in [0.25, 0.3) is 5.91 Å². The number of carbonyl (C=O) groups is 4. The van der Waals surface area contributed by atoms with Gasteiger partial charge in [0.05, 0.1) is 11.8 Å². The van der Waals surface area contributed by atoms with Crippen molar-refractivity contribution in [2.75, 3.05) is 18.5 Å². The number of imide groups is 1. The Morgan fingerprint density at radius 2 is 1.82 bits per heavy atom. The van der Waals surface area contributed by atoms with Gasteiger partial charge in [-0.25, -0.2) is 0 Å². The van der Waals surface area contributed by atoms with E-state index in [1.807, 2.05) is 0 Å². The molecule has 0 unspecified atom stereocenters. The van der Waals surface area contributed by atoms with Crippen LogP contribution in [0.15, 0.2) is 18.2 Å². The lowest BCUT2D eigenvalue weighted by atomic mass is 9.81. The van der Waals surface area contributed by atoms with Gasteiger partial charge in [-0.2, -0.15) is 0 Å². The fraction of sp³-hybridized carbons (Fsp3) is 0.500. The van der Waals surface area contributed by atoms with Crippen LogP contribution in [-0.2, 0) is 23.9 Å². The molecule has 2 aliphatic carbocycles. The number of ether oxygens (including phenoxy) is 1. The summed E-state index contributed by atoms with van der Waals surface area (Å²) in [5.41, 5.74) is 1.24.